The first kappa shape index (κ1) is 17.0. The van der Waals surface area contributed by atoms with Gasteiger partial charge in [-0.2, -0.15) is 0 Å². The Morgan fingerprint density at radius 1 is 1.32 bits per heavy atom. The molecule has 1 atom stereocenters. The van der Waals surface area contributed by atoms with Gasteiger partial charge in [-0.05, 0) is 30.5 Å². The van der Waals surface area contributed by atoms with Gasteiger partial charge in [0.05, 0.1) is 13.7 Å². The predicted molar refractivity (Wildman–Crippen MR) is 92.5 cm³/mol. The van der Waals surface area contributed by atoms with Crippen LogP contribution in [0.2, 0.25) is 0 Å². The lowest BCUT2D eigenvalue weighted by Crippen LogP contribution is -2.48. The Morgan fingerprint density at radius 3 is 2.88 bits per heavy atom. The summed E-state index contributed by atoms with van der Waals surface area (Å²) in [7, 11) is 1.63. The minimum absolute atomic E-state index is 0.0459. The first-order valence-electron chi connectivity index (χ1n) is 8.33. The van der Waals surface area contributed by atoms with Gasteiger partial charge in [-0.3, -0.25) is 0 Å². The SMILES string of the molecule is COc1ccc(CNC(=O)N2CCC[C@@H](Oc3ccncn3)C2)cc1. The number of nitrogens with one attached hydrogen (secondary N) is 1. The van der Waals surface area contributed by atoms with Gasteiger partial charge < -0.3 is 19.7 Å². The molecule has 0 spiro atoms. The molecule has 7 nitrogen and oxygen atoms in total. The molecule has 0 aliphatic carbocycles. The molecule has 25 heavy (non-hydrogen) atoms. The molecular weight excluding hydrogens is 320 g/mol. The summed E-state index contributed by atoms with van der Waals surface area (Å²) in [5, 5.41) is 2.96. The lowest BCUT2D eigenvalue weighted by Gasteiger charge is -2.32. The highest BCUT2D eigenvalue weighted by atomic mass is 16.5. The summed E-state index contributed by atoms with van der Waals surface area (Å²) in [5.41, 5.74) is 1.03. The van der Waals surface area contributed by atoms with Crippen LogP contribution in [0.15, 0.2) is 42.9 Å². The number of amides is 2. The van der Waals surface area contributed by atoms with E-state index in [4.69, 9.17) is 9.47 Å². The Hall–Kier alpha value is -2.83. The zero-order valence-electron chi connectivity index (χ0n) is 14.2. The van der Waals surface area contributed by atoms with Crippen LogP contribution in [-0.2, 0) is 6.54 Å². The molecule has 0 unspecified atom stereocenters. The van der Waals surface area contributed by atoms with Crippen LogP contribution < -0.4 is 14.8 Å². The van der Waals surface area contributed by atoms with E-state index in [1.807, 2.05) is 24.3 Å². The number of benzene rings is 1. The van der Waals surface area contributed by atoms with E-state index in [0.29, 0.717) is 19.0 Å². The number of methoxy groups -OCH3 is 1. The van der Waals surface area contributed by atoms with E-state index in [9.17, 15) is 4.79 Å². The number of hydrogen-bond donors (Lipinski definition) is 1. The lowest BCUT2D eigenvalue weighted by atomic mass is 10.1. The van der Waals surface area contributed by atoms with Crippen molar-refractivity contribution in [1.29, 1.82) is 0 Å². The molecule has 2 aromatic rings. The van der Waals surface area contributed by atoms with Gasteiger partial charge in [0.25, 0.3) is 0 Å². The molecule has 1 aromatic heterocycles. The topological polar surface area (TPSA) is 76.6 Å². The second kappa shape index (κ2) is 8.32. The smallest absolute Gasteiger partial charge is 0.317 e. The van der Waals surface area contributed by atoms with Crippen LogP contribution in [0.25, 0.3) is 0 Å². The number of nitrogens with zero attached hydrogens (tertiary/aromatic N) is 3. The number of urea groups is 1. The number of carbonyl (C=O) groups excluding carboxylic acids is 1. The maximum absolute atomic E-state index is 12.4. The van der Waals surface area contributed by atoms with E-state index in [2.05, 4.69) is 15.3 Å². The van der Waals surface area contributed by atoms with Crippen molar-refractivity contribution in [2.24, 2.45) is 0 Å². The van der Waals surface area contributed by atoms with E-state index < -0.39 is 0 Å². The molecule has 1 aliphatic rings. The van der Waals surface area contributed by atoms with Crippen LogP contribution in [-0.4, -0.2) is 47.2 Å². The molecule has 2 heterocycles. The standard InChI is InChI=1S/C18H22N4O3/c1-24-15-6-4-14(5-7-15)11-20-18(23)22-10-2-3-16(12-22)25-17-8-9-19-13-21-17/h4-9,13,16H,2-3,10-12H2,1H3,(H,20,23)/t16-/m1/s1. The van der Waals surface area contributed by atoms with Gasteiger partial charge in [-0.25, -0.2) is 14.8 Å². The maximum atomic E-state index is 12.4. The Morgan fingerprint density at radius 2 is 2.16 bits per heavy atom. The monoisotopic (exact) mass is 342 g/mol. The van der Waals surface area contributed by atoms with E-state index in [1.165, 1.54) is 6.33 Å². The summed E-state index contributed by atoms with van der Waals surface area (Å²) in [6.45, 7) is 1.77. The highest BCUT2D eigenvalue weighted by Crippen LogP contribution is 2.16. The van der Waals surface area contributed by atoms with Crippen molar-refractivity contribution in [2.45, 2.75) is 25.5 Å². The minimum Gasteiger partial charge on any atom is -0.497 e. The third-order valence-electron chi connectivity index (χ3n) is 4.11. The van der Waals surface area contributed by atoms with Crippen LogP contribution in [0, 0.1) is 0 Å². The number of hydrogen-bond acceptors (Lipinski definition) is 5. The second-order valence-electron chi connectivity index (χ2n) is 5.88. The number of piperidine rings is 1. The van der Waals surface area contributed by atoms with Gasteiger partial charge in [0.15, 0.2) is 0 Å². The molecule has 7 heteroatoms. The molecule has 1 fully saturated rings. The molecule has 0 bridgehead atoms. The summed E-state index contributed by atoms with van der Waals surface area (Å²) >= 11 is 0. The van der Waals surface area contributed by atoms with E-state index >= 15 is 0 Å². The molecule has 1 aliphatic heterocycles. The van der Waals surface area contributed by atoms with Gasteiger partial charge >= 0.3 is 6.03 Å². The van der Waals surface area contributed by atoms with Gasteiger partial charge in [0.2, 0.25) is 5.88 Å². The molecule has 1 aromatic carbocycles. The largest absolute Gasteiger partial charge is 0.497 e. The van der Waals surface area contributed by atoms with Crippen molar-refractivity contribution in [2.75, 3.05) is 20.2 Å². The van der Waals surface area contributed by atoms with E-state index in [1.54, 1.807) is 24.3 Å². The summed E-state index contributed by atoms with van der Waals surface area (Å²) < 4.78 is 11.0. The van der Waals surface area contributed by atoms with Crippen molar-refractivity contribution < 1.29 is 14.3 Å². The molecule has 0 saturated carbocycles. The first-order valence-corrected chi connectivity index (χ1v) is 8.33. The van der Waals surface area contributed by atoms with E-state index in [-0.39, 0.29) is 12.1 Å². The van der Waals surface area contributed by atoms with Gasteiger partial charge in [0.1, 0.15) is 18.2 Å². The summed E-state index contributed by atoms with van der Waals surface area (Å²) in [6, 6.07) is 9.30. The Kier molecular flexibility index (Phi) is 5.66. The molecule has 0 radical (unpaired) electrons. The van der Waals surface area contributed by atoms with Crippen LogP contribution in [0.5, 0.6) is 11.6 Å². The normalized spacial score (nSPS) is 17.0. The van der Waals surface area contributed by atoms with E-state index in [0.717, 1.165) is 30.7 Å². The summed E-state index contributed by atoms with van der Waals surface area (Å²) in [4.78, 5) is 22.1. The van der Waals surface area contributed by atoms with Crippen LogP contribution in [0.4, 0.5) is 4.79 Å². The van der Waals surface area contributed by atoms with Crippen molar-refractivity contribution in [1.82, 2.24) is 20.2 Å². The second-order valence-corrected chi connectivity index (χ2v) is 5.88. The molecular formula is C18H22N4O3. The number of rotatable bonds is 5. The highest BCUT2D eigenvalue weighted by molar-refractivity contribution is 5.74. The number of likely N-dealkylation sites (tertiary alicyclic amines) is 1. The van der Waals surface area contributed by atoms with Gasteiger partial charge in [0, 0.05) is 25.4 Å². The average molecular weight is 342 g/mol. The molecule has 3 rings (SSSR count). The van der Waals surface area contributed by atoms with Gasteiger partial charge in [-0.1, -0.05) is 12.1 Å². The Labute approximate surface area is 147 Å². The fourth-order valence-electron chi connectivity index (χ4n) is 2.77. The van der Waals surface area contributed by atoms with Crippen molar-refractivity contribution in [3.05, 3.63) is 48.4 Å². The van der Waals surface area contributed by atoms with Crippen LogP contribution >= 0.6 is 0 Å². The fourth-order valence-corrected chi connectivity index (χ4v) is 2.77. The third kappa shape index (κ3) is 4.82. The Bertz CT molecular complexity index is 678. The third-order valence-corrected chi connectivity index (χ3v) is 4.11. The summed E-state index contributed by atoms with van der Waals surface area (Å²) in [5.74, 6) is 1.34. The first-order chi connectivity index (χ1) is 12.2. The van der Waals surface area contributed by atoms with Gasteiger partial charge in [-0.15, -0.1) is 0 Å². The molecule has 2 amide bonds. The zero-order valence-corrected chi connectivity index (χ0v) is 14.2. The average Bonchev–Trinajstić information content (AvgIpc) is 2.67. The summed E-state index contributed by atoms with van der Waals surface area (Å²) in [6.07, 6.45) is 4.87. The van der Waals surface area contributed by atoms with Crippen molar-refractivity contribution in [3.63, 3.8) is 0 Å². The predicted octanol–water partition coefficient (Wildman–Crippen LogP) is 2.24. The lowest BCUT2D eigenvalue weighted by molar-refractivity contribution is 0.0976. The molecule has 132 valence electrons. The number of ether oxygens (including phenoxy) is 2. The highest BCUT2D eigenvalue weighted by Gasteiger charge is 2.25. The quantitative estimate of drug-likeness (QED) is 0.902. The molecule has 1 N–H and O–H groups in total. The van der Waals surface area contributed by atoms with Crippen LogP contribution in [0.1, 0.15) is 18.4 Å². The minimum atomic E-state index is -0.0770. The fraction of sp³-hybridized carbons (Fsp3) is 0.389. The molecule has 1 saturated heterocycles. The van der Waals surface area contributed by atoms with Crippen molar-refractivity contribution >= 4 is 6.03 Å². The zero-order chi connectivity index (χ0) is 17.5. The van der Waals surface area contributed by atoms with Crippen LogP contribution in [0.3, 0.4) is 0 Å². The number of carbonyl (C=O) groups is 1. The Balaban J connectivity index is 1.49. The van der Waals surface area contributed by atoms with Crippen molar-refractivity contribution in [3.8, 4) is 11.6 Å². The number of aromatic nitrogens is 2. The maximum Gasteiger partial charge on any atom is 0.317 e.